The van der Waals surface area contributed by atoms with Crippen molar-refractivity contribution in [2.24, 2.45) is 5.84 Å². The molecule has 0 saturated carbocycles. The molecule has 5 nitrogen and oxygen atoms in total. The van der Waals surface area contributed by atoms with Gasteiger partial charge in [-0.2, -0.15) is 0 Å². The molecule has 5 heteroatoms. The fourth-order valence-electron chi connectivity index (χ4n) is 1.47. The number of likely N-dealkylation sites (N-methyl/N-ethyl adjacent to an activating group) is 1. The van der Waals surface area contributed by atoms with Gasteiger partial charge in [0.25, 0.3) is 5.91 Å². The number of nitrogens with one attached hydrogen (secondary N) is 1. The fraction of sp³-hybridized carbons (Fsp3) is 0.900. The molecule has 0 aromatic heterocycles. The van der Waals surface area contributed by atoms with Crippen LogP contribution in [0.5, 0.6) is 0 Å². The summed E-state index contributed by atoms with van der Waals surface area (Å²) in [6.07, 6.45) is 2.03. The third-order valence-electron chi connectivity index (χ3n) is 2.44. The molecule has 0 aliphatic rings. The summed E-state index contributed by atoms with van der Waals surface area (Å²) in [5.74, 6) is 4.96. The molecular weight excluding hydrogens is 194 g/mol. The molecule has 0 aliphatic carbocycles. The first kappa shape index (κ1) is 14.3. The molecule has 2 atom stereocenters. The highest BCUT2D eigenvalue weighted by Gasteiger charge is 2.21. The molecule has 2 unspecified atom stereocenters. The minimum absolute atomic E-state index is 0.162. The van der Waals surface area contributed by atoms with Crippen LogP contribution in [0, 0.1) is 0 Å². The van der Waals surface area contributed by atoms with Crippen LogP contribution in [0.1, 0.15) is 33.1 Å². The van der Waals surface area contributed by atoms with Crippen LogP contribution in [-0.4, -0.2) is 41.7 Å². The number of hydrogen-bond donors (Lipinski definition) is 3. The Balaban J connectivity index is 4.15. The Morgan fingerprint density at radius 1 is 1.53 bits per heavy atom. The number of carbonyl (C=O) groups is 1. The van der Waals surface area contributed by atoms with Crippen LogP contribution in [0.4, 0.5) is 0 Å². The summed E-state index contributed by atoms with van der Waals surface area (Å²) >= 11 is 0. The summed E-state index contributed by atoms with van der Waals surface area (Å²) in [6.45, 7) is 4.46. The van der Waals surface area contributed by atoms with Crippen LogP contribution < -0.4 is 11.3 Å². The number of nitrogens with zero attached hydrogens (tertiary/aromatic N) is 1. The molecule has 0 fully saturated rings. The second kappa shape index (κ2) is 7.62. The Kier molecular flexibility index (Phi) is 7.29. The predicted octanol–water partition coefficient (Wildman–Crippen LogP) is -0.152. The van der Waals surface area contributed by atoms with Gasteiger partial charge in [-0.15, -0.1) is 0 Å². The molecular formula is C10H23N3O2. The van der Waals surface area contributed by atoms with Gasteiger partial charge in [-0.3, -0.25) is 15.1 Å². The van der Waals surface area contributed by atoms with Gasteiger partial charge in [-0.25, -0.2) is 5.84 Å². The van der Waals surface area contributed by atoms with E-state index in [9.17, 15) is 4.79 Å². The van der Waals surface area contributed by atoms with Crippen molar-refractivity contribution in [3.8, 4) is 0 Å². The van der Waals surface area contributed by atoms with Crippen LogP contribution >= 0.6 is 0 Å². The average Bonchev–Trinajstić information content (AvgIpc) is 2.21. The van der Waals surface area contributed by atoms with E-state index in [1.807, 2.05) is 18.9 Å². The largest absolute Gasteiger partial charge is 0.393 e. The predicted molar refractivity (Wildman–Crippen MR) is 60.0 cm³/mol. The molecule has 0 radical (unpaired) electrons. The van der Waals surface area contributed by atoms with E-state index in [1.54, 1.807) is 6.92 Å². The van der Waals surface area contributed by atoms with Crippen LogP contribution in [0.2, 0.25) is 0 Å². The molecule has 0 saturated heterocycles. The lowest BCUT2D eigenvalue weighted by atomic mass is 10.1. The van der Waals surface area contributed by atoms with Crippen molar-refractivity contribution in [3.63, 3.8) is 0 Å². The fourth-order valence-corrected chi connectivity index (χ4v) is 1.47. The molecule has 0 aliphatic heterocycles. The van der Waals surface area contributed by atoms with Crippen molar-refractivity contribution in [2.45, 2.75) is 45.3 Å². The molecule has 1 amide bonds. The van der Waals surface area contributed by atoms with E-state index < -0.39 is 0 Å². The number of amides is 1. The number of carbonyl (C=O) groups excluding carboxylic acids is 1. The van der Waals surface area contributed by atoms with Crippen LogP contribution in [0.15, 0.2) is 0 Å². The lowest BCUT2D eigenvalue weighted by molar-refractivity contribution is -0.126. The Morgan fingerprint density at radius 3 is 2.53 bits per heavy atom. The number of aliphatic hydroxyl groups excluding tert-OH is 1. The molecule has 0 heterocycles. The first-order valence-electron chi connectivity index (χ1n) is 5.41. The van der Waals surface area contributed by atoms with Gasteiger partial charge in [0.05, 0.1) is 12.1 Å². The van der Waals surface area contributed by atoms with E-state index in [1.165, 1.54) is 0 Å². The zero-order chi connectivity index (χ0) is 11.8. The van der Waals surface area contributed by atoms with Gasteiger partial charge < -0.3 is 5.11 Å². The number of hydrogen-bond acceptors (Lipinski definition) is 4. The Morgan fingerprint density at radius 2 is 2.13 bits per heavy atom. The Bertz CT molecular complexity index is 186. The summed E-state index contributed by atoms with van der Waals surface area (Å²) in [7, 11) is 1.87. The third kappa shape index (κ3) is 5.71. The molecule has 0 bridgehead atoms. The monoisotopic (exact) mass is 217 g/mol. The lowest BCUT2D eigenvalue weighted by Gasteiger charge is -2.26. The standard InChI is InChI=1S/C10H23N3O2/c1-4-5-9(10(15)12-11)13(3)7-6-8(2)14/h8-9,14H,4-7,11H2,1-3H3,(H,12,15). The molecule has 0 spiro atoms. The zero-order valence-electron chi connectivity index (χ0n) is 9.86. The second-order valence-corrected chi connectivity index (χ2v) is 3.93. The van der Waals surface area contributed by atoms with Gasteiger partial charge in [-0.1, -0.05) is 13.3 Å². The summed E-state index contributed by atoms with van der Waals surface area (Å²) < 4.78 is 0. The maximum atomic E-state index is 11.4. The van der Waals surface area contributed by atoms with E-state index in [0.29, 0.717) is 13.0 Å². The molecule has 0 aromatic carbocycles. The van der Waals surface area contributed by atoms with E-state index in [-0.39, 0.29) is 18.1 Å². The van der Waals surface area contributed by atoms with Crippen molar-refractivity contribution in [1.29, 1.82) is 0 Å². The highest BCUT2D eigenvalue weighted by atomic mass is 16.3. The van der Waals surface area contributed by atoms with Gasteiger partial charge in [0.2, 0.25) is 0 Å². The first-order valence-corrected chi connectivity index (χ1v) is 5.41. The lowest BCUT2D eigenvalue weighted by Crippen LogP contribution is -2.48. The number of nitrogens with two attached hydrogens (primary N) is 1. The topological polar surface area (TPSA) is 78.6 Å². The van der Waals surface area contributed by atoms with Crippen molar-refractivity contribution < 1.29 is 9.90 Å². The minimum atomic E-state index is -0.337. The van der Waals surface area contributed by atoms with Crippen molar-refractivity contribution in [2.75, 3.05) is 13.6 Å². The molecule has 0 aromatic rings. The summed E-state index contributed by atoms with van der Waals surface area (Å²) in [6, 6.07) is -0.196. The number of aliphatic hydroxyl groups is 1. The second-order valence-electron chi connectivity index (χ2n) is 3.93. The van der Waals surface area contributed by atoms with Gasteiger partial charge >= 0.3 is 0 Å². The quantitative estimate of drug-likeness (QED) is 0.315. The molecule has 0 rings (SSSR count). The summed E-state index contributed by atoms with van der Waals surface area (Å²) in [4.78, 5) is 13.4. The van der Waals surface area contributed by atoms with Crippen molar-refractivity contribution in [1.82, 2.24) is 10.3 Å². The van der Waals surface area contributed by atoms with Crippen molar-refractivity contribution >= 4 is 5.91 Å². The molecule has 4 N–H and O–H groups in total. The van der Waals surface area contributed by atoms with E-state index in [4.69, 9.17) is 10.9 Å². The van der Waals surface area contributed by atoms with Crippen LogP contribution in [0.25, 0.3) is 0 Å². The average molecular weight is 217 g/mol. The summed E-state index contributed by atoms with van der Waals surface area (Å²) in [5.41, 5.74) is 2.18. The SMILES string of the molecule is CCCC(C(=O)NN)N(C)CCC(C)O. The smallest absolute Gasteiger partial charge is 0.251 e. The van der Waals surface area contributed by atoms with E-state index >= 15 is 0 Å². The normalized spacial score (nSPS) is 15.1. The minimum Gasteiger partial charge on any atom is -0.393 e. The molecule has 90 valence electrons. The van der Waals surface area contributed by atoms with Gasteiger partial charge in [0, 0.05) is 6.54 Å². The van der Waals surface area contributed by atoms with Gasteiger partial charge in [0.15, 0.2) is 0 Å². The molecule has 15 heavy (non-hydrogen) atoms. The third-order valence-corrected chi connectivity index (χ3v) is 2.44. The Labute approximate surface area is 91.6 Å². The maximum Gasteiger partial charge on any atom is 0.251 e. The Hall–Kier alpha value is -0.650. The summed E-state index contributed by atoms with van der Waals surface area (Å²) in [5, 5.41) is 9.16. The van der Waals surface area contributed by atoms with E-state index in [0.717, 1.165) is 12.8 Å². The number of hydrazine groups is 1. The zero-order valence-corrected chi connectivity index (χ0v) is 9.86. The van der Waals surface area contributed by atoms with Crippen LogP contribution in [0.3, 0.4) is 0 Å². The van der Waals surface area contributed by atoms with E-state index in [2.05, 4.69) is 5.43 Å². The highest BCUT2D eigenvalue weighted by Crippen LogP contribution is 2.06. The highest BCUT2D eigenvalue weighted by molar-refractivity contribution is 5.81. The first-order chi connectivity index (χ1) is 7.02. The van der Waals surface area contributed by atoms with Gasteiger partial charge in [0.1, 0.15) is 0 Å². The maximum absolute atomic E-state index is 11.4. The number of rotatable bonds is 7. The van der Waals surface area contributed by atoms with Crippen LogP contribution in [-0.2, 0) is 4.79 Å². The van der Waals surface area contributed by atoms with Gasteiger partial charge in [-0.05, 0) is 26.8 Å². The van der Waals surface area contributed by atoms with Crippen molar-refractivity contribution in [3.05, 3.63) is 0 Å².